The molecule has 3 aromatic carbocycles. The van der Waals surface area contributed by atoms with E-state index >= 15 is 0 Å². The van der Waals surface area contributed by atoms with Crippen molar-refractivity contribution >= 4 is 17.9 Å². The third-order valence-electron chi connectivity index (χ3n) is 4.71. The Morgan fingerprint density at radius 1 is 0.658 bits per heavy atom. The van der Waals surface area contributed by atoms with Gasteiger partial charge in [0, 0.05) is 0 Å². The minimum absolute atomic E-state index is 0.163. The zero-order valence-corrected chi connectivity index (χ0v) is 21.9. The lowest BCUT2D eigenvalue weighted by Gasteiger charge is -2.08. The molecule has 0 saturated heterocycles. The molecule has 3 rings (SSSR count). The van der Waals surface area contributed by atoms with E-state index in [0.717, 1.165) is 5.56 Å². The van der Waals surface area contributed by atoms with Gasteiger partial charge in [-0.3, -0.25) is 4.79 Å². The van der Waals surface area contributed by atoms with E-state index in [9.17, 15) is 23.9 Å². The van der Waals surface area contributed by atoms with Gasteiger partial charge in [-0.05, 0) is 37.5 Å². The first-order valence-electron chi connectivity index (χ1n) is 12.3. The Morgan fingerprint density at radius 2 is 1.08 bits per heavy atom. The number of esters is 3. The standard InChI is InChI=1S/C10H11FO2.C10H12O3.C10H12O2/c2*1-2-13-10(12)9(11)8-6-4-3-5-7-8;1-2-12-10(11)8-9-6-4-3-5-7-9/h3-7,9H,2H2,1H3;3-7,9,11H,2H2,1H3;3-7H,2,8H2,1H3/t2*9-;/m10./s1. The maximum Gasteiger partial charge on any atom is 0.345 e. The van der Waals surface area contributed by atoms with Gasteiger partial charge in [0.15, 0.2) is 6.10 Å². The number of carbonyl (C=O) groups is 3. The molecule has 8 heteroatoms. The lowest BCUT2D eigenvalue weighted by atomic mass is 10.1. The van der Waals surface area contributed by atoms with Crippen LogP contribution in [0.15, 0.2) is 91.0 Å². The van der Waals surface area contributed by atoms with E-state index in [2.05, 4.69) is 9.47 Å². The Balaban J connectivity index is 0.000000285. The second-order valence-electron chi connectivity index (χ2n) is 7.56. The molecule has 38 heavy (non-hydrogen) atoms. The van der Waals surface area contributed by atoms with E-state index in [0.29, 0.717) is 24.2 Å². The van der Waals surface area contributed by atoms with Crippen LogP contribution in [0.25, 0.3) is 0 Å². The summed E-state index contributed by atoms with van der Waals surface area (Å²) in [5.74, 6) is -1.59. The van der Waals surface area contributed by atoms with Gasteiger partial charge in [0.2, 0.25) is 6.17 Å². The maximum atomic E-state index is 13.2. The molecule has 0 aromatic heterocycles. The van der Waals surface area contributed by atoms with Crippen LogP contribution in [0.5, 0.6) is 0 Å². The zero-order chi connectivity index (χ0) is 28.2. The molecule has 0 fully saturated rings. The quantitative estimate of drug-likeness (QED) is 0.297. The van der Waals surface area contributed by atoms with Gasteiger partial charge in [0.05, 0.1) is 26.2 Å². The molecule has 0 saturated carbocycles. The number of ether oxygens (including phenoxy) is 3. The van der Waals surface area contributed by atoms with Crippen molar-refractivity contribution in [3.05, 3.63) is 108 Å². The molecule has 0 heterocycles. The van der Waals surface area contributed by atoms with Gasteiger partial charge in [-0.1, -0.05) is 91.0 Å². The van der Waals surface area contributed by atoms with Crippen LogP contribution in [0, 0.1) is 0 Å². The number of aliphatic hydroxyl groups is 1. The highest BCUT2D eigenvalue weighted by molar-refractivity contribution is 5.76. The summed E-state index contributed by atoms with van der Waals surface area (Å²) in [6.07, 6.45) is -2.46. The van der Waals surface area contributed by atoms with Crippen molar-refractivity contribution in [1.82, 2.24) is 0 Å². The summed E-state index contributed by atoms with van der Waals surface area (Å²) < 4.78 is 27.3. The predicted octanol–water partition coefficient (Wildman–Crippen LogP) is 5.34. The summed E-state index contributed by atoms with van der Waals surface area (Å²) >= 11 is 0. The van der Waals surface area contributed by atoms with Gasteiger partial charge in [0.25, 0.3) is 0 Å². The third kappa shape index (κ3) is 12.8. The first-order valence-corrected chi connectivity index (χ1v) is 12.3. The lowest BCUT2D eigenvalue weighted by molar-refractivity contribution is -0.153. The second-order valence-corrected chi connectivity index (χ2v) is 7.56. The molecule has 0 bridgehead atoms. The van der Waals surface area contributed by atoms with Gasteiger partial charge in [0.1, 0.15) is 0 Å². The molecule has 0 spiro atoms. The molecule has 0 amide bonds. The SMILES string of the molecule is CCOC(=O)Cc1ccccc1.CCOC(=O)[C@@H](O)c1ccccc1.CCOC(=O)[C@H](F)c1ccccc1. The Morgan fingerprint density at radius 3 is 1.55 bits per heavy atom. The average Bonchev–Trinajstić information content (AvgIpc) is 2.95. The van der Waals surface area contributed by atoms with Crippen LogP contribution in [0.2, 0.25) is 0 Å². The lowest BCUT2D eigenvalue weighted by Crippen LogP contribution is -2.15. The van der Waals surface area contributed by atoms with E-state index in [1.54, 1.807) is 68.4 Å². The Kier molecular flexibility index (Phi) is 16.1. The fourth-order valence-corrected chi connectivity index (χ4v) is 2.94. The Bertz CT molecular complexity index is 1000. The molecule has 0 radical (unpaired) electrons. The first kappa shape index (κ1) is 32.0. The summed E-state index contributed by atoms with van der Waals surface area (Å²) in [6.45, 7) is 6.09. The number of halogens is 1. The Labute approximate surface area is 223 Å². The van der Waals surface area contributed by atoms with Crippen molar-refractivity contribution in [3.63, 3.8) is 0 Å². The van der Waals surface area contributed by atoms with Crippen molar-refractivity contribution in [2.24, 2.45) is 0 Å². The number of benzene rings is 3. The van der Waals surface area contributed by atoms with Crippen LogP contribution in [-0.4, -0.2) is 42.8 Å². The number of carbonyl (C=O) groups excluding carboxylic acids is 3. The molecule has 204 valence electrons. The second kappa shape index (κ2) is 19.1. The van der Waals surface area contributed by atoms with Gasteiger partial charge >= 0.3 is 17.9 Å². The summed E-state index contributed by atoms with van der Waals surface area (Å²) in [6, 6.07) is 26.5. The van der Waals surface area contributed by atoms with Gasteiger partial charge < -0.3 is 19.3 Å². The molecular weight excluding hydrogens is 491 g/mol. The first-order chi connectivity index (χ1) is 18.3. The molecule has 0 aliphatic heterocycles. The van der Waals surface area contributed by atoms with Crippen LogP contribution in [0.3, 0.4) is 0 Å². The summed E-state index contributed by atoms with van der Waals surface area (Å²) in [7, 11) is 0. The fraction of sp³-hybridized carbons (Fsp3) is 0.300. The van der Waals surface area contributed by atoms with Crippen molar-refractivity contribution in [1.29, 1.82) is 0 Å². The van der Waals surface area contributed by atoms with Crippen LogP contribution in [0.1, 0.15) is 49.7 Å². The number of hydrogen-bond acceptors (Lipinski definition) is 7. The van der Waals surface area contributed by atoms with Gasteiger partial charge in [-0.15, -0.1) is 0 Å². The molecular formula is C30H35FO7. The third-order valence-corrected chi connectivity index (χ3v) is 4.71. The minimum atomic E-state index is -1.67. The van der Waals surface area contributed by atoms with E-state index in [1.807, 2.05) is 43.3 Å². The number of rotatable bonds is 9. The van der Waals surface area contributed by atoms with Crippen LogP contribution in [-0.2, 0) is 35.0 Å². The minimum Gasteiger partial charge on any atom is -0.466 e. The molecule has 0 unspecified atom stereocenters. The van der Waals surface area contributed by atoms with Crippen molar-refractivity contribution in [2.75, 3.05) is 19.8 Å². The van der Waals surface area contributed by atoms with Crippen molar-refractivity contribution in [2.45, 2.75) is 39.5 Å². The molecule has 1 N–H and O–H groups in total. The molecule has 0 aliphatic rings. The van der Waals surface area contributed by atoms with E-state index < -0.39 is 24.2 Å². The summed E-state index contributed by atoms with van der Waals surface area (Å²) in [4.78, 5) is 33.0. The fourth-order valence-electron chi connectivity index (χ4n) is 2.94. The predicted molar refractivity (Wildman–Crippen MR) is 142 cm³/mol. The highest BCUT2D eigenvalue weighted by Gasteiger charge is 2.20. The molecule has 3 aromatic rings. The van der Waals surface area contributed by atoms with E-state index in [4.69, 9.17) is 4.74 Å². The zero-order valence-electron chi connectivity index (χ0n) is 21.9. The topological polar surface area (TPSA) is 99.1 Å². The largest absolute Gasteiger partial charge is 0.466 e. The summed E-state index contributed by atoms with van der Waals surface area (Å²) in [5.41, 5.74) is 1.89. The maximum absolute atomic E-state index is 13.2. The summed E-state index contributed by atoms with van der Waals surface area (Å²) in [5, 5.41) is 9.45. The van der Waals surface area contributed by atoms with Gasteiger partial charge in [-0.25, -0.2) is 14.0 Å². The number of hydrogen-bond donors (Lipinski definition) is 1. The van der Waals surface area contributed by atoms with Crippen LogP contribution >= 0.6 is 0 Å². The average molecular weight is 527 g/mol. The van der Waals surface area contributed by atoms with Crippen LogP contribution < -0.4 is 0 Å². The smallest absolute Gasteiger partial charge is 0.345 e. The highest BCUT2D eigenvalue weighted by atomic mass is 19.1. The molecule has 0 aliphatic carbocycles. The highest BCUT2D eigenvalue weighted by Crippen LogP contribution is 2.18. The molecule has 7 nitrogen and oxygen atoms in total. The normalized spacial score (nSPS) is 11.3. The Hall–Kier alpha value is -4.04. The van der Waals surface area contributed by atoms with Crippen LogP contribution in [0.4, 0.5) is 4.39 Å². The van der Waals surface area contributed by atoms with Crippen molar-refractivity contribution in [3.8, 4) is 0 Å². The number of alkyl halides is 1. The molecule has 2 atom stereocenters. The number of aliphatic hydroxyl groups excluding tert-OH is 1. The van der Waals surface area contributed by atoms with Crippen molar-refractivity contribution < 1.29 is 38.1 Å². The van der Waals surface area contributed by atoms with E-state index in [1.165, 1.54) is 0 Å². The van der Waals surface area contributed by atoms with E-state index in [-0.39, 0.29) is 19.2 Å². The monoisotopic (exact) mass is 526 g/mol. The van der Waals surface area contributed by atoms with Gasteiger partial charge in [-0.2, -0.15) is 0 Å².